The van der Waals surface area contributed by atoms with Crippen molar-refractivity contribution in [3.8, 4) is 11.3 Å². The largest absolute Gasteiger partial charge is 0.531 e. The minimum absolute atomic E-state index is 0.0993. The van der Waals surface area contributed by atoms with Gasteiger partial charge >= 0.3 is 19.1 Å². The van der Waals surface area contributed by atoms with E-state index in [1.165, 1.54) is 20.1 Å². The van der Waals surface area contributed by atoms with Gasteiger partial charge in [-0.15, -0.1) is 0 Å². The molecule has 11 heteroatoms. The van der Waals surface area contributed by atoms with E-state index < -0.39 is 54.8 Å². The van der Waals surface area contributed by atoms with Crippen LogP contribution in [0.1, 0.15) is 50.5 Å². The van der Waals surface area contributed by atoms with E-state index in [0.717, 1.165) is 5.56 Å². The van der Waals surface area contributed by atoms with Crippen LogP contribution in [0.4, 0.5) is 0 Å². The molecule has 4 atom stereocenters. The quantitative estimate of drug-likeness (QED) is 0.317. The van der Waals surface area contributed by atoms with Crippen LogP contribution in [-0.2, 0) is 28.4 Å². The molecule has 1 fully saturated rings. The second-order valence-electron chi connectivity index (χ2n) is 9.74. The predicted molar refractivity (Wildman–Crippen MR) is 139 cm³/mol. The SMILES string of the molecule is COC(=O)C[C@@H]1OB([C@@H](CC(=O)[C@@H](NC(=O)c2cccc(-c3ccccc3)n2)[C@@H](C)O)CC(C)C)OC1=O. The maximum Gasteiger partial charge on any atom is 0.531 e. The summed E-state index contributed by atoms with van der Waals surface area (Å²) >= 11 is 0. The van der Waals surface area contributed by atoms with Crippen LogP contribution in [0.3, 0.4) is 0 Å². The van der Waals surface area contributed by atoms with E-state index in [1.54, 1.807) is 12.1 Å². The lowest BCUT2D eigenvalue weighted by molar-refractivity contribution is -0.147. The molecule has 1 aromatic heterocycles. The van der Waals surface area contributed by atoms with Crippen LogP contribution in [0.2, 0.25) is 5.82 Å². The molecule has 1 aliphatic heterocycles. The Balaban J connectivity index is 1.72. The number of nitrogens with zero attached hydrogens (tertiary/aromatic N) is 1. The monoisotopic (exact) mass is 524 g/mol. The molecule has 202 valence electrons. The fraction of sp³-hybridized carbons (Fsp3) is 0.444. The fourth-order valence-electron chi connectivity index (χ4n) is 4.31. The number of aliphatic hydroxyl groups excluding tert-OH is 1. The van der Waals surface area contributed by atoms with Gasteiger partial charge < -0.3 is 24.5 Å². The van der Waals surface area contributed by atoms with Crippen LogP contribution in [0.15, 0.2) is 48.5 Å². The van der Waals surface area contributed by atoms with Gasteiger partial charge in [0.1, 0.15) is 11.7 Å². The van der Waals surface area contributed by atoms with E-state index in [9.17, 15) is 24.3 Å². The third-order valence-electron chi connectivity index (χ3n) is 6.16. The number of ketones is 1. The molecule has 0 saturated carbocycles. The molecule has 1 amide bonds. The lowest BCUT2D eigenvalue weighted by Gasteiger charge is -2.24. The Kier molecular flexibility index (Phi) is 10.1. The molecule has 1 aromatic carbocycles. The number of rotatable bonds is 12. The van der Waals surface area contributed by atoms with Crippen molar-refractivity contribution in [3.63, 3.8) is 0 Å². The standard InChI is InChI=1S/C27H33BN2O8/c1-16(2)13-19(28-37-23(27(35)38-28)15-24(33)36-4)14-22(32)25(17(3)31)30-26(34)21-12-8-11-20(29-21)18-9-6-5-7-10-18/h5-12,16-17,19,23,25,31H,13-15H2,1-4H3,(H,30,34)/t17-,19-,23+,25+/m1/s1. The summed E-state index contributed by atoms with van der Waals surface area (Å²) in [5, 5.41) is 13.0. The van der Waals surface area contributed by atoms with Crippen molar-refractivity contribution < 1.29 is 38.3 Å². The van der Waals surface area contributed by atoms with Gasteiger partial charge in [0, 0.05) is 17.8 Å². The normalized spacial score (nSPS) is 17.5. The molecule has 0 bridgehead atoms. The van der Waals surface area contributed by atoms with Crippen LogP contribution in [0.25, 0.3) is 11.3 Å². The number of hydrogen-bond donors (Lipinski definition) is 2. The number of Topliss-reactive ketones (excluding diaryl/α,β-unsaturated/α-hetero) is 1. The van der Waals surface area contributed by atoms with Gasteiger partial charge in [0.15, 0.2) is 11.9 Å². The number of pyridine rings is 1. The highest BCUT2D eigenvalue weighted by Crippen LogP contribution is 2.32. The van der Waals surface area contributed by atoms with Gasteiger partial charge in [-0.05, 0) is 31.4 Å². The van der Waals surface area contributed by atoms with E-state index in [2.05, 4.69) is 15.0 Å². The Morgan fingerprint density at radius 3 is 2.45 bits per heavy atom. The van der Waals surface area contributed by atoms with Crippen molar-refractivity contribution in [2.45, 2.75) is 64.1 Å². The number of amides is 1. The summed E-state index contributed by atoms with van der Waals surface area (Å²) in [4.78, 5) is 54.6. The lowest BCUT2D eigenvalue weighted by atomic mass is 9.65. The number of benzene rings is 1. The highest BCUT2D eigenvalue weighted by atomic mass is 16.7. The molecule has 0 aliphatic carbocycles. The maximum atomic E-state index is 13.3. The summed E-state index contributed by atoms with van der Waals surface area (Å²) in [6.45, 7) is 5.30. The van der Waals surface area contributed by atoms with Gasteiger partial charge in [-0.25, -0.2) is 4.98 Å². The molecule has 38 heavy (non-hydrogen) atoms. The molecule has 0 spiro atoms. The number of carbonyl (C=O) groups excluding carboxylic acids is 4. The molecule has 0 unspecified atom stereocenters. The van der Waals surface area contributed by atoms with Crippen LogP contribution in [0, 0.1) is 5.92 Å². The summed E-state index contributed by atoms with van der Waals surface area (Å²) in [5.41, 5.74) is 1.53. The Labute approximate surface area is 222 Å². The zero-order valence-electron chi connectivity index (χ0n) is 22.0. The third-order valence-corrected chi connectivity index (χ3v) is 6.16. The van der Waals surface area contributed by atoms with Gasteiger partial charge in [0.2, 0.25) is 0 Å². The summed E-state index contributed by atoms with van der Waals surface area (Å²) in [6.07, 6.45) is -2.27. The van der Waals surface area contributed by atoms with Gasteiger partial charge in [0.05, 0.1) is 25.3 Å². The number of nitrogens with one attached hydrogen (secondary N) is 1. The molecule has 2 aromatic rings. The number of hydrogen-bond acceptors (Lipinski definition) is 9. The first-order chi connectivity index (χ1) is 18.1. The number of aliphatic hydroxyl groups is 1. The Morgan fingerprint density at radius 2 is 1.82 bits per heavy atom. The minimum atomic E-state index is -1.22. The van der Waals surface area contributed by atoms with Gasteiger partial charge in [-0.3, -0.25) is 19.2 Å². The van der Waals surface area contributed by atoms with Gasteiger partial charge in [0.25, 0.3) is 5.91 Å². The zero-order valence-corrected chi connectivity index (χ0v) is 22.0. The number of ether oxygens (including phenoxy) is 1. The first kappa shape index (κ1) is 29.0. The van der Waals surface area contributed by atoms with Gasteiger partial charge in [-0.1, -0.05) is 50.2 Å². The van der Waals surface area contributed by atoms with Crippen LogP contribution < -0.4 is 5.32 Å². The van der Waals surface area contributed by atoms with Gasteiger partial charge in [-0.2, -0.15) is 0 Å². The number of methoxy groups -OCH3 is 1. The number of aromatic nitrogens is 1. The highest BCUT2D eigenvalue weighted by Gasteiger charge is 2.47. The van der Waals surface area contributed by atoms with E-state index in [1.807, 2.05) is 44.2 Å². The average molecular weight is 524 g/mol. The Bertz CT molecular complexity index is 1140. The topological polar surface area (TPSA) is 141 Å². The third kappa shape index (κ3) is 7.72. The summed E-state index contributed by atoms with van der Waals surface area (Å²) < 4.78 is 15.6. The molecule has 1 saturated heterocycles. The second-order valence-corrected chi connectivity index (χ2v) is 9.74. The predicted octanol–water partition coefficient (Wildman–Crippen LogP) is 2.60. The Morgan fingerprint density at radius 1 is 1.11 bits per heavy atom. The Hall–Kier alpha value is -3.57. The summed E-state index contributed by atoms with van der Waals surface area (Å²) in [6, 6.07) is 13.1. The fourth-order valence-corrected chi connectivity index (χ4v) is 4.31. The van der Waals surface area contributed by atoms with E-state index in [0.29, 0.717) is 12.1 Å². The van der Waals surface area contributed by atoms with E-state index >= 15 is 0 Å². The van der Waals surface area contributed by atoms with E-state index in [4.69, 9.17) is 9.31 Å². The van der Waals surface area contributed by atoms with Crippen molar-refractivity contribution in [3.05, 3.63) is 54.2 Å². The van der Waals surface area contributed by atoms with Crippen LogP contribution in [0.5, 0.6) is 0 Å². The second kappa shape index (κ2) is 13.3. The zero-order chi connectivity index (χ0) is 27.8. The number of esters is 1. The van der Waals surface area contributed by atoms with E-state index in [-0.39, 0.29) is 24.5 Å². The van der Waals surface area contributed by atoms with Crippen molar-refractivity contribution in [1.29, 1.82) is 0 Å². The highest BCUT2D eigenvalue weighted by molar-refractivity contribution is 6.51. The molecule has 2 heterocycles. The average Bonchev–Trinajstić information content (AvgIpc) is 3.26. The lowest BCUT2D eigenvalue weighted by Crippen LogP contribution is -2.48. The molecule has 3 rings (SSSR count). The van der Waals surface area contributed by atoms with Crippen molar-refractivity contribution in [2.24, 2.45) is 5.92 Å². The first-order valence-electron chi connectivity index (χ1n) is 12.6. The molecular weight excluding hydrogens is 491 g/mol. The smallest absolute Gasteiger partial charge is 0.507 e. The molecule has 1 aliphatic rings. The van der Waals surface area contributed by atoms with Crippen molar-refractivity contribution in [1.82, 2.24) is 10.3 Å². The molecular formula is C27H33BN2O8. The minimum Gasteiger partial charge on any atom is -0.507 e. The van der Waals surface area contributed by atoms with Crippen molar-refractivity contribution in [2.75, 3.05) is 7.11 Å². The molecule has 10 nitrogen and oxygen atoms in total. The summed E-state index contributed by atoms with van der Waals surface area (Å²) in [7, 11) is 0.163. The first-order valence-corrected chi connectivity index (χ1v) is 12.6. The summed E-state index contributed by atoms with van der Waals surface area (Å²) in [5.74, 6) is -2.80. The molecule has 0 radical (unpaired) electrons. The van der Waals surface area contributed by atoms with Crippen LogP contribution in [-0.4, -0.2) is 66.2 Å². The number of carbonyl (C=O) groups is 4. The van der Waals surface area contributed by atoms with Crippen LogP contribution >= 0.6 is 0 Å². The van der Waals surface area contributed by atoms with Crippen molar-refractivity contribution >= 4 is 30.7 Å². The maximum absolute atomic E-state index is 13.3. The molecule has 2 N–H and O–H groups in total.